The van der Waals surface area contributed by atoms with Crippen LogP contribution in [0.3, 0.4) is 0 Å². The Morgan fingerprint density at radius 2 is 2.00 bits per heavy atom. The normalized spacial score (nSPS) is 12.2. The zero-order valence-electron chi connectivity index (χ0n) is 7.71. The van der Waals surface area contributed by atoms with Crippen LogP contribution < -0.4 is 0 Å². The molecule has 3 nitrogen and oxygen atoms in total. The molecule has 1 N–H and O–H groups in total. The lowest BCUT2D eigenvalue weighted by Gasteiger charge is -1.95. The summed E-state index contributed by atoms with van der Waals surface area (Å²) in [7, 11) is 1.59. The highest BCUT2D eigenvalue weighted by Gasteiger charge is 2.19. The average Bonchev–Trinajstić information content (AvgIpc) is 2.38. The van der Waals surface area contributed by atoms with Crippen LogP contribution in [-0.2, 0) is 9.05 Å². The molecule has 0 atom stereocenters. The van der Waals surface area contributed by atoms with Gasteiger partial charge in [-0.1, -0.05) is 11.6 Å². The summed E-state index contributed by atoms with van der Waals surface area (Å²) in [5.74, 6) is 0. The number of rotatable bonds is 1. The molecule has 15 heavy (non-hydrogen) atoms. The van der Waals surface area contributed by atoms with E-state index in [1.54, 1.807) is 25.1 Å². The molecule has 0 aliphatic carbocycles. The van der Waals surface area contributed by atoms with Gasteiger partial charge in [-0.05, 0) is 25.1 Å². The monoisotopic (exact) mass is 263 g/mol. The summed E-state index contributed by atoms with van der Waals surface area (Å²) in [5.41, 5.74) is 1.22. The number of halogens is 2. The Kier molecular flexibility index (Phi) is 2.45. The number of nitrogens with one attached hydrogen (secondary N) is 1. The minimum Gasteiger partial charge on any atom is -0.357 e. The summed E-state index contributed by atoms with van der Waals surface area (Å²) in [4.78, 5) is 3.04. The molecule has 0 fully saturated rings. The van der Waals surface area contributed by atoms with Crippen LogP contribution in [0.4, 0.5) is 0 Å². The lowest BCUT2D eigenvalue weighted by atomic mass is 10.2. The van der Waals surface area contributed by atoms with E-state index in [-0.39, 0.29) is 4.90 Å². The van der Waals surface area contributed by atoms with Crippen molar-refractivity contribution in [3.05, 3.63) is 28.9 Å². The number of hydrogen-bond donors (Lipinski definition) is 1. The third kappa shape index (κ3) is 1.85. The lowest BCUT2D eigenvalue weighted by molar-refractivity contribution is 0.610. The molecule has 0 spiro atoms. The largest absolute Gasteiger partial charge is 0.357 e. The number of aryl methyl sites for hydroxylation is 1. The van der Waals surface area contributed by atoms with Crippen molar-refractivity contribution in [2.24, 2.45) is 0 Å². The van der Waals surface area contributed by atoms with Gasteiger partial charge in [0.1, 0.15) is 4.90 Å². The first-order valence-electron chi connectivity index (χ1n) is 4.12. The molecule has 0 bridgehead atoms. The zero-order valence-corrected chi connectivity index (χ0v) is 10.0. The first kappa shape index (κ1) is 10.8. The van der Waals surface area contributed by atoms with E-state index < -0.39 is 9.05 Å². The fraction of sp³-hybridized carbons (Fsp3) is 0.111. The first-order chi connectivity index (χ1) is 6.89. The molecule has 0 saturated heterocycles. The molecule has 1 aromatic heterocycles. The highest BCUT2D eigenvalue weighted by molar-refractivity contribution is 8.14. The topological polar surface area (TPSA) is 49.9 Å². The van der Waals surface area contributed by atoms with Gasteiger partial charge in [-0.15, -0.1) is 0 Å². The third-order valence-corrected chi connectivity index (χ3v) is 3.84. The number of hydrogen-bond acceptors (Lipinski definition) is 2. The second-order valence-electron chi connectivity index (χ2n) is 3.21. The smallest absolute Gasteiger partial charge is 0.263 e. The van der Waals surface area contributed by atoms with Gasteiger partial charge in [0.15, 0.2) is 0 Å². The molecule has 0 unspecified atom stereocenters. The molecular formula is C9H7Cl2NO2S. The molecule has 1 aromatic carbocycles. The zero-order chi connectivity index (χ0) is 11.2. The quantitative estimate of drug-likeness (QED) is 0.805. The van der Waals surface area contributed by atoms with E-state index in [9.17, 15) is 8.42 Å². The van der Waals surface area contributed by atoms with Crippen LogP contribution in [0.25, 0.3) is 10.9 Å². The van der Waals surface area contributed by atoms with Crippen LogP contribution in [0, 0.1) is 6.92 Å². The number of benzene rings is 1. The van der Waals surface area contributed by atoms with Gasteiger partial charge in [0.2, 0.25) is 0 Å². The number of fused-ring (bicyclic) bond motifs is 1. The highest BCUT2D eigenvalue weighted by atomic mass is 35.7. The van der Waals surface area contributed by atoms with Crippen LogP contribution in [0.5, 0.6) is 0 Å². The van der Waals surface area contributed by atoms with Crippen molar-refractivity contribution in [2.45, 2.75) is 11.8 Å². The first-order valence-corrected chi connectivity index (χ1v) is 6.81. The van der Waals surface area contributed by atoms with Crippen molar-refractivity contribution < 1.29 is 8.42 Å². The number of H-pyrrole nitrogens is 1. The van der Waals surface area contributed by atoms with Crippen LogP contribution >= 0.6 is 22.3 Å². The fourth-order valence-corrected chi connectivity index (χ4v) is 3.21. The molecule has 2 rings (SSSR count). The van der Waals surface area contributed by atoms with Gasteiger partial charge in [-0.3, -0.25) is 0 Å². The lowest BCUT2D eigenvalue weighted by Crippen LogP contribution is -1.91. The molecule has 0 saturated carbocycles. The van der Waals surface area contributed by atoms with Crippen molar-refractivity contribution in [3.63, 3.8) is 0 Å². The summed E-state index contributed by atoms with van der Waals surface area (Å²) in [6, 6.07) is 4.98. The van der Waals surface area contributed by atoms with Crippen LogP contribution in [0.15, 0.2) is 23.1 Å². The van der Waals surface area contributed by atoms with Crippen LogP contribution in [0.1, 0.15) is 5.69 Å². The Morgan fingerprint density at radius 3 is 2.60 bits per heavy atom. The summed E-state index contributed by atoms with van der Waals surface area (Å²) in [5, 5.41) is 0.998. The SMILES string of the molecule is Cc1[nH]c2ccc(Cl)cc2c1S(=O)(=O)Cl. The standard InChI is InChI=1S/C9H7Cl2NO2S/c1-5-9(15(11,13)14)7-4-6(10)2-3-8(7)12-5/h2-4,12H,1H3. The van der Waals surface area contributed by atoms with Gasteiger partial charge < -0.3 is 4.98 Å². The molecule has 0 amide bonds. The summed E-state index contributed by atoms with van der Waals surface area (Å²) < 4.78 is 22.7. The highest BCUT2D eigenvalue weighted by Crippen LogP contribution is 2.30. The second kappa shape index (κ2) is 3.40. The Bertz CT molecular complexity index is 631. The van der Waals surface area contributed by atoms with Crippen molar-refractivity contribution in [3.8, 4) is 0 Å². The number of aromatic nitrogens is 1. The van der Waals surface area contributed by atoms with Crippen molar-refractivity contribution in [1.82, 2.24) is 4.98 Å². The predicted octanol–water partition coefficient (Wildman–Crippen LogP) is 3.06. The summed E-state index contributed by atoms with van der Waals surface area (Å²) >= 11 is 5.80. The van der Waals surface area contributed by atoms with Crippen LogP contribution in [-0.4, -0.2) is 13.4 Å². The Labute approximate surface area is 96.4 Å². The van der Waals surface area contributed by atoms with Crippen molar-refractivity contribution in [2.75, 3.05) is 0 Å². The molecule has 0 aliphatic heterocycles. The van der Waals surface area contributed by atoms with Gasteiger partial charge in [0, 0.05) is 32.3 Å². The molecule has 0 radical (unpaired) electrons. The maximum absolute atomic E-state index is 11.3. The minimum absolute atomic E-state index is 0.0988. The Balaban J connectivity index is 2.95. The summed E-state index contributed by atoms with van der Waals surface area (Å²) in [6.45, 7) is 1.66. The summed E-state index contributed by atoms with van der Waals surface area (Å²) in [6.07, 6.45) is 0. The molecule has 2 aromatic rings. The molecule has 1 heterocycles. The van der Waals surface area contributed by atoms with E-state index in [2.05, 4.69) is 4.98 Å². The predicted molar refractivity (Wildman–Crippen MR) is 61.1 cm³/mol. The maximum Gasteiger partial charge on any atom is 0.263 e. The second-order valence-corrected chi connectivity index (χ2v) is 6.15. The van der Waals surface area contributed by atoms with E-state index in [1.807, 2.05) is 0 Å². The third-order valence-electron chi connectivity index (χ3n) is 2.13. The Hall–Kier alpha value is -0.710. The van der Waals surface area contributed by atoms with E-state index >= 15 is 0 Å². The van der Waals surface area contributed by atoms with Gasteiger partial charge in [-0.25, -0.2) is 8.42 Å². The molecule has 6 heteroatoms. The van der Waals surface area contributed by atoms with Crippen LogP contribution in [0.2, 0.25) is 5.02 Å². The van der Waals surface area contributed by atoms with Gasteiger partial charge >= 0.3 is 0 Å². The van der Waals surface area contributed by atoms with Gasteiger partial charge in [0.05, 0.1) is 0 Å². The maximum atomic E-state index is 11.3. The average molecular weight is 264 g/mol. The fourth-order valence-electron chi connectivity index (χ4n) is 1.59. The van der Waals surface area contributed by atoms with E-state index in [4.69, 9.17) is 22.3 Å². The Morgan fingerprint density at radius 1 is 1.33 bits per heavy atom. The van der Waals surface area contributed by atoms with Gasteiger partial charge in [0.25, 0.3) is 9.05 Å². The minimum atomic E-state index is -3.75. The van der Waals surface area contributed by atoms with Gasteiger partial charge in [-0.2, -0.15) is 0 Å². The molecule has 80 valence electrons. The molecular weight excluding hydrogens is 257 g/mol. The van der Waals surface area contributed by atoms with Crippen molar-refractivity contribution in [1.29, 1.82) is 0 Å². The van der Waals surface area contributed by atoms with E-state index in [0.29, 0.717) is 21.6 Å². The van der Waals surface area contributed by atoms with E-state index in [1.165, 1.54) is 0 Å². The van der Waals surface area contributed by atoms with E-state index in [0.717, 1.165) is 0 Å². The molecule has 0 aliphatic rings. The number of aromatic amines is 1. The van der Waals surface area contributed by atoms with Crippen molar-refractivity contribution >= 4 is 42.2 Å².